The van der Waals surface area contributed by atoms with E-state index in [4.69, 9.17) is 0 Å². The molecule has 24 heavy (non-hydrogen) atoms. The molecular formula is C20H26N2OS. The lowest BCUT2D eigenvalue weighted by molar-refractivity contribution is -0.121. The minimum atomic E-state index is -0.124. The van der Waals surface area contributed by atoms with Gasteiger partial charge < -0.3 is 5.32 Å². The van der Waals surface area contributed by atoms with E-state index < -0.39 is 0 Å². The Morgan fingerprint density at radius 3 is 2.71 bits per heavy atom. The Morgan fingerprint density at radius 1 is 1.25 bits per heavy atom. The number of nitrogens with one attached hydrogen (secondary N) is 1. The molecule has 0 aliphatic carbocycles. The summed E-state index contributed by atoms with van der Waals surface area (Å²) < 4.78 is 0. The van der Waals surface area contributed by atoms with Crippen molar-refractivity contribution in [2.75, 3.05) is 11.9 Å². The van der Waals surface area contributed by atoms with Crippen LogP contribution in [0.15, 0.2) is 30.3 Å². The molecule has 1 N–H and O–H groups in total. The number of hydrogen-bond acceptors (Lipinski definition) is 3. The molecule has 128 valence electrons. The van der Waals surface area contributed by atoms with E-state index in [-0.39, 0.29) is 11.9 Å². The fourth-order valence-corrected chi connectivity index (χ4v) is 4.57. The third-order valence-electron chi connectivity index (χ3n) is 4.90. The van der Waals surface area contributed by atoms with Gasteiger partial charge in [0.25, 0.3) is 0 Å². The van der Waals surface area contributed by atoms with E-state index in [1.165, 1.54) is 15.3 Å². The van der Waals surface area contributed by atoms with Gasteiger partial charge in [-0.2, -0.15) is 0 Å². The number of carbonyl (C=O) groups is 1. The minimum Gasteiger partial charge on any atom is -0.324 e. The molecule has 0 saturated carbocycles. The molecular weight excluding hydrogens is 316 g/mol. The Labute approximate surface area is 148 Å². The molecule has 3 nitrogen and oxygen atoms in total. The molecule has 1 aromatic heterocycles. The summed E-state index contributed by atoms with van der Waals surface area (Å²) in [5.41, 5.74) is 3.24. The topological polar surface area (TPSA) is 32.3 Å². The lowest BCUT2D eigenvalue weighted by atomic mass is 10.1. The summed E-state index contributed by atoms with van der Waals surface area (Å²) in [6.07, 6.45) is 2.30. The average Bonchev–Trinajstić information content (AvgIpc) is 3.17. The van der Waals surface area contributed by atoms with Crippen LogP contribution < -0.4 is 5.32 Å². The Morgan fingerprint density at radius 2 is 2.04 bits per heavy atom. The van der Waals surface area contributed by atoms with Crippen LogP contribution in [0.2, 0.25) is 0 Å². The summed E-state index contributed by atoms with van der Waals surface area (Å²) in [7, 11) is 0. The molecule has 2 unspecified atom stereocenters. The predicted molar refractivity (Wildman–Crippen MR) is 102 cm³/mol. The van der Waals surface area contributed by atoms with Crippen LogP contribution in [0.5, 0.6) is 0 Å². The Balaban J connectivity index is 1.72. The fourth-order valence-electron chi connectivity index (χ4n) is 3.53. The molecule has 2 heterocycles. The normalized spacial score (nSPS) is 19.4. The Hall–Kier alpha value is -1.65. The summed E-state index contributed by atoms with van der Waals surface area (Å²) >= 11 is 1.85. The van der Waals surface area contributed by atoms with Crippen LogP contribution in [0.3, 0.4) is 0 Å². The molecule has 1 saturated heterocycles. The number of anilines is 1. The number of carbonyl (C=O) groups excluding carboxylic acids is 1. The molecule has 0 spiro atoms. The predicted octanol–water partition coefficient (Wildman–Crippen LogP) is 4.84. The van der Waals surface area contributed by atoms with Crippen molar-refractivity contribution >= 4 is 22.9 Å². The van der Waals surface area contributed by atoms with Gasteiger partial charge in [0, 0.05) is 21.5 Å². The third-order valence-corrected chi connectivity index (χ3v) is 6.00. The zero-order chi connectivity index (χ0) is 17.3. The smallest absolute Gasteiger partial charge is 0.241 e. The number of thiophene rings is 1. The lowest BCUT2D eigenvalue weighted by Gasteiger charge is -2.29. The Kier molecular flexibility index (Phi) is 5.07. The molecule has 4 heteroatoms. The van der Waals surface area contributed by atoms with Crippen LogP contribution in [0.1, 0.15) is 46.7 Å². The monoisotopic (exact) mass is 342 g/mol. The number of benzene rings is 1. The van der Waals surface area contributed by atoms with Gasteiger partial charge in [0.2, 0.25) is 5.91 Å². The van der Waals surface area contributed by atoms with Crippen molar-refractivity contribution in [1.82, 2.24) is 4.90 Å². The van der Waals surface area contributed by atoms with Gasteiger partial charge in [-0.05, 0) is 70.8 Å². The second-order valence-corrected chi connectivity index (χ2v) is 8.15. The maximum Gasteiger partial charge on any atom is 0.241 e. The van der Waals surface area contributed by atoms with E-state index in [1.807, 2.05) is 37.3 Å². The molecule has 1 aliphatic rings. The van der Waals surface area contributed by atoms with Gasteiger partial charge in [-0.15, -0.1) is 11.3 Å². The zero-order valence-electron chi connectivity index (χ0n) is 14.9. The second kappa shape index (κ2) is 7.08. The number of hydrogen-bond donors (Lipinski definition) is 1. The summed E-state index contributed by atoms with van der Waals surface area (Å²) in [6.45, 7) is 9.27. The van der Waals surface area contributed by atoms with Crippen molar-refractivity contribution in [2.45, 2.75) is 52.6 Å². The van der Waals surface area contributed by atoms with Gasteiger partial charge in [0.15, 0.2) is 0 Å². The minimum absolute atomic E-state index is 0.0853. The van der Waals surface area contributed by atoms with Crippen molar-refractivity contribution < 1.29 is 4.79 Å². The summed E-state index contributed by atoms with van der Waals surface area (Å²) in [6, 6.07) is 10.8. The van der Waals surface area contributed by atoms with Crippen molar-refractivity contribution in [2.24, 2.45) is 0 Å². The van der Waals surface area contributed by atoms with Crippen LogP contribution >= 0.6 is 11.3 Å². The first-order valence-electron chi connectivity index (χ1n) is 8.66. The number of amides is 1. The second-order valence-electron chi connectivity index (χ2n) is 6.83. The van der Waals surface area contributed by atoms with Gasteiger partial charge >= 0.3 is 0 Å². The van der Waals surface area contributed by atoms with Crippen LogP contribution in [0.25, 0.3) is 0 Å². The van der Waals surface area contributed by atoms with Crippen molar-refractivity contribution in [1.29, 1.82) is 0 Å². The highest BCUT2D eigenvalue weighted by Gasteiger charge is 2.33. The molecule has 1 amide bonds. The summed E-state index contributed by atoms with van der Waals surface area (Å²) in [5, 5.41) is 3.11. The first-order chi connectivity index (χ1) is 11.5. The fraction of sp³-hybridized carbons (Fsp3) is 0.450. The molecule has 1 aliphatic heterocycles. The lowest BCUT2D eigenvalue weighted by Crippen LogP contribution is -2.41. The highest BCUT2D eigenvalue weighted by molar-refractivity contribution is 7.12. The highest BCUT2D eigenvalue weighted by Crippen LogP contribution is 2.37. The van der Waals surface area contributed by atoms with E-state index >= 15 is 0 Å². The largest absolute Gasteiger partial charge is 0.324 e. The van der Waals surface area contributed by atoms with Gasteiger partial charge in [-0.3, -0.25) is 9.69 Å². The SMILES string of the molecule is Cc1ccc(NC(=O)C(C)N2CCCC2c2ccc(C)s2)c(C)c1. The van der Waals surface area contributed by atoms with Crippen LogP contribution in [0, 0.1) is 20.8 Å². The van der Waals surface area contributed by atoms with Crippen molar-refractivity contribution in [3.63, 3.8) is 0 Å². The van der Waals surface area contributed by atoms with Crippen LogP contribution in [-0.4, -0.2) is 23.4 Å². The van der Waals surface area contributed by atoms with Crippen LogP contribution in [0.4, 0.5) is 5.69 Å². The van der Waals surface area contributed by atoms with E-state index in [1.54, 1.807) is 0 Å². The van der Waals surface area contributed by atoms with E-state index in [0.717, 1.165) is 30.6 Å². The van der Waals surface area contributed by atoms with Gasteiger partial charge in [-0.25, -0.2) is 0 Å². The maximum absolute atomic E-state index is 12.8. The Bertz CT molecular complexity index is 737. The molecule has 3 rings (SSSR count). The summed E-state index contributed by atoms with van der Waals surface area (Å²) in [4.78, 5) is 17.8. The molecule has 0 bridgehead atoms. The van der Waals surface area contributed by atoms with E-state index in [0.29, 0.717) is 6.04 Å². The van der Waals surface area contributed by atoms with E-state index in [9.17, 15) is 4.79 Å². The van der Waals surface area contributed by atoms with Gasteiger partial charge in [0.05, 0.1) is 6.04 Å². The van der Waals surface area contributed by atoms with Gasteiger partial charge in [-0.1, -0.05) is 17.7 Å². The molecule has 1 fully saturated rings. The first kappa shape index (κ1) is 17.2. The average molecular weight is 343 g/mol. The number of rotatable bonds is 4. The quantitative estimate of drug-likeness (QED) is 0.862. The maximum atomic E-state index is 12.8. The molecule has 2 aromatic rings. The molecule has 0 radical (unpaired) electrons. The standard InChI is InChI=1S/C20H26N2OS/c1-13-7-9-17(14(2)12-13)21-20(23)16(4)22-11-5-6-18(22)19-10-8-15(3)24-19/h7-10,12,16,18H,5-6,11H2,1-4H3,(H,21,23). The van der Waals surface area contributed by atoms with Gasteiger partial charge in [0.1, 0.15) is 0 Å². The third kappa shape index (κ3) is 3.55. The number of aryl methyl sites for hydroxylation is 3. The molecule has 1 aromatic carbocycles. The van der Waals surface area contributed by atoms with Crippen molar-refractivity contribution in [3.8, 4) is 0 Å². The highest BCUT2D eigenvalue weighted by atomic mass is 32.1. The van der Waals surface area contributed by atoms with Crippen LogP contribution in [-0.2, 0) is 4.79 Å². The van der Waals surface area contributed by atoms with E-state index in [2.05, 4.69) is 42.3 Å². The number of likely N-dealkylation sites (tertiary alicyclic amines) is 1. The summed E-state index contributed by atoms with van der Waals surface area (Å²) in [5.74, 6) is 0.0853. The zero-order valence-corrected chi connectivity index (χ0v) is 15.7. The van der Waals surface area contributed by atoms with Crippen molar-refractivity contribution in [3.05, 3.63) is 51.2 Å². The number of nitrogens with zero attached hydrogens (tertiary/aromatic N) is 1. The first-order valence-corrected chi connectivity index (χ1v) is 9.47. The molecule has 2 atom stereocenters.